The highest BCUT2D eigenvalue weighted by Crippen LogP contribution is 2.22. The van der Waals surface area contributed by atoms with E-state index in [4.69, 9.17) is 10.5 Å². The van der Waals surface area contributed by atoms with Gasteiger partial charge in [0.05, 0.1) is 17.3 Å². The molecule has 1 saturated heterocycles. The van der Waals surface area contributed by atoms with Crippen molar-refractivity contribution in [2.24, 2.45) is 0 Å². The largest absolute Gasteiger partial charge is 0.383 e. The van der Waals surface area contributed by atoms with Crippen LogP contribution in [-0.4, -0.2) is 22.7 Å². The molecule has 4 rings (SSSR count). The molecule has 5 nitrogen and oxygen atoms in total. The van der Waals surface area contributed by atoms with E-state index in [0.717, 1.165) is 12.0 Å². The smallest absolute Gasteiger partial charge is 0.229 e. The van der Waals surface area contributed by atoms with E-state index in [2.05, 4.69) is 22.2 Å². The molecule has 25 heavy (non-hydrogen) atoms. The Balaban J connectivity index is 0.000000258. The molecule has 0 amide bonds. The van der Waals surface area contributed by atoms with E-state index in [1.165, 1.54) is 18.9 Å². The minimum atomic E-state index is -0.363. The van der Waals surface area contributed by atoms with Crippen LogP contribution >= 0.6 is 0 Å². The lowest BCUT2D eigenvalue weighted by Crippen LogP contribution is -2.02. The first-order chi connectivity index (χ1) is 12.1. The summed E-state index contributed by atoms with van der Waals surface area (Å²) in [6.45, 7) is 3.11. The van der Waals surface area contributed by atoms with Gasteiger partial charge in [-0.1, -0.05) is 24.3 Å². The van der Waals surface area contributed by atoms with Gasteiger partial charge in [0.1, 0.15) is 11.6 Å². The highest BCUT2D eigenvalue weighted by molar-refractivity contribution is 5.89. The third kappa shape index (κ3) is 4.42. The van der Waals surface area contributed by atoms with Crippen LogP contribution < -0.4 is 11.1 Å². The zero-order valence-corrected chi connectivity index (χ0v) is 14.1. The number of nitrogens with zero attached hydrogens (tertiary/aromatic N) is 2. The van der Waals surface area contributed by atoms with Gasteiger partial charge in [-0.25, -0.2) is 9.37 Å². The van der Waals surface area contributed by atoms with Crippen LogP contribution in [-0.2, 0) is 4.74 Å². The third-order valence-electron chi connectivity index (χ3n) is 3.91. The standard InChI is InChI=1S/C14H11FN4.C5H10O/c15-10-6-2-4-8-12(10)18-14-17-11-7-3-1-5-9(11)13(16)19-14;1-5-3-2-4-6-5/h1-8H,(H3,16,17,18,19);5H,2-4H2,1H3. The van der Waals surface area contributed by atoms with Crippen molar-refractivity contribution in [3.63, 3.8) is 0 Å². The summed E-state index contributed by atoms with van der Waals surface area (Å²) in [6.07, 6.45) is 3.08. The fraction of sp³-hybridized carbons (Fsp3) is 0.263. The van der Waals surface area contributed by atoms with Gasteiger partial charge in [-0.05, 0) is 44.0 Å². The van der Waals surface area contributed by atoms with Crippen molar-refractivity contribution in [2.75, 3.05) is 17.7 Å². The van der Waals surface area contributed by atoms with Crippen molar-refractivity contribution < 1.29 is 9.13 Å². The van der Waals surface area contributed by atoms with E-state index in [1.807, 2.05) is 24.3 Å². The normalized spacial score (nSPS) is 16.3. The summed E-state index contributed by atoms with van der Waals surface area (Å²) in [4.78, 5) is 8.43. The van der Waals surface area contributed by atoms with Crippen LogP contribution in [0.5, 0.6) is 0 Å². The maximum absolute atomic E-state index is 13.5. The van der Waals surface area contributed by atoms with Gasteiger partial charge in [0.2, 0.25) is 5.95 Å². The molecule has 3 aromatic rings. The number of nitrogens with two attached hydrogens (primary N) is 1. The molecule has 1 fully saturated rings. The molecular weight excluding hydrogens is 319 g/mol. The van der Waals surface area contributed by atoms with Gasteiger partial charge in [0.15, 0.2) is 0 Å². The quantitative estimate of drug-likeness (QED) is 0.728. The fourth-order valence-corrected chi connectivity index (χ4v) is 2.58. The number of fused-ring (bicyclic) bond motifs is 1. The molecule has 3 N–H and O–H groups in total. The number of hydrogen-bond acceptors (Lipinski definition) is 5. The first-order valence-corrected chi connectivity index (χ1v) is 8.29. The molecule has 2 aromatic carbocycles. The molecule has 6 heteroatoms. The molecule has 0 bridgehead atoms. The first-order valence-electron chi connectivity index (χ1n) is 8.29. The molecule has 1 aliphatic heterocycles. The van der Waals surface area contributed by atoms with Crippen LogP contribution in [0.25, 0.3) is 10.9 Å². The maximum Gasteiger partial charge on any atom is 0.229 e. The van der Waals surface area contributed by atoms with E-state index in [1.54, 1.807) is 18.2 Å². The van der Waals surface area contributed by atoms with Gasteiger partial charge in [-0.15, -0.1) is 0 Å². The van der Waals surface area contributed by atoms with Gasteiger partial charge < -0.3 is 15.8 Å². The molecule has 2 heterocycles. The number of nitrogens with one attached hydrogen (secondary N) is 1. The fourth-order valence-electron chi connectivity index (χ4n) is 2.58. The lowest BCUT2D eigenvalue weighted by molar-refractivity contribution is 0.125. The SMILES string of the molecule is CC1CCCO1.Nc1nc(Nc2ccccc2F)nc2ccccc12. The molecule has 1 aliphatic rings. The maximum atomic E-state index is 13.5. The minimum absolute atomic E-state index is 0.279. The average Bonchev–Trinajstić information content (AvgIpc) is 3.09. The second-order valence-electron chi connectivity index (χ2n) is 5.88. The lowest BCUT2D eigenvalue weighted by Gasteiger charge is -2.08. The summed E-state index contributed by atoms with van der Waals surface area (Å²) in [7, 11) is 0. The van der Waals surface area contributed by atoms with Crippen LogP contribution in [0.15, 0.2) is 48.5 Å². The summed E-state index contributed by atoms with van der Waals surface area (Å²) >= 11 is 0. The van der Waals surface area contributed by atoms with Crippen molar-refractivity contribution in [2.45, 2.75) is 25.9 Å². The topological polar surface area (TPSA) is 73.1 Å². The zero-order valence-electron chi connectivity index (χ0n) is 14.1. The van der Waals surface area contributed by atoms with Crippen LogP contribution in [0.4, 0.5) is 21.8 Å². The van der Waals surface area contributed by atoms with Crippen molar-refractivity contribution in [3.05, 3.63) is 54.3 Å². The van der Waals surface area contributed by atoms with E-state index in [-0.39, 0.29) is 11.8 Å². The van der Waals surface area contributed by atoms with Crippen LogP contribution in [0.3, 0.4) is 0 Å². The van der Waals surface area contributed by atoms with Gasteiger partial charge in [-0.2, -0.15) is 4.98 Å². The van der Waals surface area contributed by atoms with Gasteiger partial charge in [0, 0.05) is 12.0 Å². The third-order valence-corrected chi connectivity index (χ3v) is 3.91. The highest BCUT2D eigenvalue weighted by Gasteiger charge is 2.08. The predicted molar refractivity (Wildman–Crippen MR) is 98.3 cm³/mol. The Morgan fingerprint density at radius 3 is 2.56 bits per heavy atom. The lowest BCUT2D eigenvalue weighted by atomic mass is 10.2. The summed E-state index contributed by atoms with van der Waals surface area (Å²) in [6, 6.07) is 13.7. The summed E-state index contributed by atoms with van der Waals surface area (Å²) in [5, 5.41) is 3.61. The predicted octanol–water partition coefficient (Wildman–Crippen LogP) is 4.28. The van der Waals surface area contributed by atoms with E-state index in [0.29, 0.717) is 23.1 Å². The Labute approximate surface area is 146 Å². The average molecular weight is 340 g/mol. The summed E-state index contributed by atoms with van der Waals surface area (Å²) < 4.78 is 18.7. The van der Waals surface area contributed by atoms with E-state index in [9.17, 15) is 4.39 Å². The van der Waals surface area contributed by atoms with Crippen LogP contribution in [0.2, 0.25) is 0 Å². The van der Waals surface area contributed by atoms with Gasteiger partial charge >= 0.3 is 0 Å². The second kappa shape index (κ2) is 7.90. The van der Waals surface area contributed by atoms with Gasteiger partial charge in [-0.3, -0.25) is 0 Å². The number of anilines is 3. The Morgan fingerprint density at radius 2 is 1.88 bits per heavy atom. The molecule has 0 saturated carbocycles. The van der Waals surface area contributed by atoms with Gasteiger partial charge in [0.25, 0.3) is 0 Å². The minimum Gasteiger partial charge on any atom is -0.383 e. The Kier molecular flexibility index (Phi) is 5.40. The van der Waals surface area contributed by atoms with Crippen molar-refractivity contribution >= 4 is 28.4 Å². The molecular formula is C19H21FN4O. The number of halogens is 1. The Hall–Kier alpha value is -2.73. The monoisotopic (exact) mass is 340 g/mol. The number of rotatable bonds is 2. The molecule has 130 valence electrons. The molecule has 0 spiro atoms. The van der Waals surface area contributed by atoms with Crippen LogP contribution in [0.1, 0.15) is 19.8 Å². The number of ether oxygens (including phenoxy) is 1. The summed E-state index contributed by atoms with van der Waals surface area (Å²) in [5.41, 5.74) is 6.90. The molecule has 1 aromatic heterocycles. The van der Waals surface area contributed by atoms with E-state index >= 15 is 0 Å². The summed E-state index contributed by atoms with van der Waals surface area (Å²) in [5.74, 6) is 0.281. The first kappa shape index (κ1) is 17.1. The number of benzene rings is 2. The van der Waals surface area contributed by atoms with Crippen molar-refractivity contribution in [1.82, 2.24) is 9.97 Å². The molecule has 1 unspecified atom stereocenters. The second-order valence-corrected chi connectivity index (χ2v) is 5.88. The van der Waals surface area contributed by atoms with Crippen molar-refractivity contribution in [1.29, 1.82) is 0 Å². The highest BCUT2D eigenvalue weighted by atomic mass is 19.1. The number of aromatic nitrogens is 2. The number of para-hydroxylation sites is 2. The van der Waals surface area contributed by atoms with Crippen molar-refractivity contribution in [3.8, 4) is 0 Å². The number of hydrogen-bond donors (Lipinski definition) is 2. The molecule has 0 radical (unpaired) electrons. The number of nitrogen functional groups attached to an aromatic ring is 1. The Morgan fingerprint density at radius 1 is 1.12 bits per heavy atom. The van der Waals surface area contributed by atoms with E-state index < -0.39 is 0 Å². The van der Waals surface area contributed by atoms with Crippen LogP contribution in [0, 0.1) is 5.82 Å². The molecule has 1 atom stereocenters. The molecule has 0 aliphatic carbocycles. The Bertz CT molecular complexity index is 850. The zero-order chi connectivity index (χ0) is 17.6.